The molecule has 0 unspecified atom stereocenters. The van der Waals surface area contributed by atoms with Crippen LogP contribution in [-0.2, 0) is 4.43 Å². The van der Waals surface area contributed by atoms with Crippen molar-refractivity contribution in [2.75, 3.05) is 13.2 Å². The van der Waals surface area contributed by atoms with Gasteiger partial charge in [-0.3, -0.25) is 0 Å². The first-order chi connectivity index (χ1) is 8.72. The van der Waals surface area contributed by atoms with Crippen LogP contribution in [0.25, 0.3) is 0 Å². The molecule has 0 saturated carbocycles. The van der Waals surface area contributed by atoms with Gasteiger partial charge in [-0.25, -0.2) is 4.98 Å². The minimum Gasteiger partial charge on any atom is -0.492 e. The van der Waals surface area contributed by atoms with Crippen molar-refractivity contribution in [1.29, 1.82) is 0 Å². The summed E-state index contributed by atoms with van der Waals surface area (Å²) in [5.74, 6) is 0.801. The molecular weight excluding hydrogens is 322 g/mol. The van der Waals surface area contributed by atoms with Crippen molar-refractivity contribution in [3.63, 3.8) is 0 Å². The summed E-state index contributed by atoms with van der Waals surface area (Å²) in [6.07, 6.45) is 2.63. The van der Waals surface area contributed by atoms with E-state index in [2.05, 4.69) is 54.8 Å². The van der Waals surface area contributed by atoms with Gasteiger partial charge >= 0.3 is 0 Å². The summed E-state index contributed by atoms with van der Waals surface area (Å²) in [6.45, 7) is 12.7. The molecule has 0 aliphatic rings. The average molecular weight is 346 g/mol. The van der Waals surface area contributed by atoms with Crippen LogP contribution in [0.4, 0.5) is 0 Å². The van der Waals surface area contributed by atoms with Gasteiger partial charge in [0, 0.05) is 13.0 Å². The lowest BCUT2D eigenvalue weighted by molar-refractivity contribution is 0.233. The molecule has 0 atom stereocenters. The maximum absolute atomic E-state index is 6.09. The lowest BCUT2D eigenvalue weighted by Gasteiger charge is -2.36. The molecule has 0 radical (unpaired) electrons. The molecule has 0 aromatic carbocycles. The molecule has 1 heterocycles. The molecule has 19 heavy (non-hydrogen) atoms. The Hall–Kier alpha value is -0.393. The zero-order valence-corrected chi connectivity index (χ0v) is 15.1. The fourth-order valence-corrected chi connectivity index (χ4v) is 2.56. The zero-order valence-electron chi connectivity index (χ0n) is 12.5. The minimum atomic E-state index is -1.62. The SMILES string of the molecule is CC(C)(C)[Si](C)(C)OCCCOc1ccc(Br)nc1. The quantitative estimate of drug-likeness (QED) is 0.427. The van der Waals surface area contributed by atoms with Crippen LogP contribution in [0.15, 0.2) is 22.9 Å². The fraction of sp³-hybridized carbons (Fsp3) is 0.643. The first-order valence-electron chi connectivity index (χ1n) is 6.61. The fourth-order valence-electron chi connectivity index (χ4n) is 1.24. The Morgan fingerprint density at radius 1 is 1.21 bits per heavy atom. The molecular formula is C14H24BrNO2Si. The highest BCUT2D eigenvalue weighted by atomic mass is 79.9. The molecule has 5 heteroatoms. The van der Waals surface area contributed by atoms with E-state index in [9.17, 15) is 0 Å². The van der Waals surface area contributed by atoms with Gasteiger partial charge in [-0.2, -0.15) is 0 Å². The molecule has 1 rings (SSSR count). The highest BCUT2D eigenvalue weighted by Crippen LogP contribution is 2.36. The molecule has 1 aromatic heterocycles. The molecule has 0 saturated heterocycles. The minimum absolute atomic E-state index is 0.267. The van der Waals surface area contributed by atoms with Crippen molar-refractivity contribution in [2.24, 2.45) is 0 Å². The number of hydrogen-bond donors (Lipinski definition) is 0. The van der Waals surface area contributed by atoms with Gasteiger partial charge in [0.05, 0.1) is 12.8 Å². The second-order valence-electron chi connectivity index (χ2n) is 6.13. The van der Waals surface area contributed by atoms with Crippen molar-refractivity contribution in [2.45, 2.75) is 45.3 Å². The lowest BCUT2D eigenvalue weighted by Crippen LogP contribution is -2.41. The van der Waals surface area contributed by atoms with E-state index in [1.807, 2.05) is 12.1 Å². The number of ether oxygens (including phenoxy) is 1. The van der Waals surface area contributed by atoms with Gasteiger partial charge in [-0.1, -0.05) is 20.8 Å². The van der Waals surface area contributed by atoms with Gasteiger partial charge in [0.15, 0.2) is 8.32 Å². The van der Waals surface area contributed by atoms with Crippen molar-refractivity contribution in [3.05, 3.63) is 22.9 Å². The summed E-state index contributed by atoms with van der Waals surface area (Å²) in [4.78, 5) is 4.12. The summed E-state index contributed by atoms with van der Waals surface area (Å²) in [5, 5.41) is 0.267. The molecule has 0 fully saturated rings. The Labute approximate surface area is 126 Å². The number of nitrogens with zero attached hydrogens (tertiary/aromatic N) is 1. The van der Waals surface area contributed by atoms with E-state index in [0.717, 1.165) is 23.4 Å². The predicted molar refractivity (Wildman–Crippen MR) is 85.2 cm³/mol. The molecule has 108 valence electrons. The van der Waals surface area contributed by atoms with Crippen LogP contribution in [-0.4, -0.2) is 26.5 Å². The Morgan fingerprint density at radius 3 is 2.42 bits per heavy atom. The highest BCUT2D eigenvalue weighted by Gasteiger charge is 2.36. The Balaban J connectivity index is 2.23. The molecule has 0 bridgehead atoms. The first kappa shape index (κ1) is 16.7. The maximum Gasteiger partial charge on any atom is 0.191 e. The average Bonchev–Trinajstić information content (AvgIpc) is 2.29. The summed E-state index contributed by atoms with van der Waals surface area (Å²) in [5.41, 5.74) is 0. The Kier molecular flexibility index (Phi) is 6.01. The number of hydrogen-bond acceptors (Lipinski definition) is 3. The Morgan fingerprint density at radius 2 is 1.89 bits per heavy atom. The summed E-state index contributed by atoms with van der Waals surface area (Å²) in [6, 6.07) is 3.78. The van der Waals surface area contributed by atoms with E-state index >= 15 is 0 Å². The highest BCUT2D eigenvalue weighted by molar-refractivity contribution is 9.10. The van der Waals surface area contributed by atoms with Gasteiger partial charge in [-0.05, 0) is 46.2 Å². The third kappa shape index (κ3) is 5.63. The van der Waals surface area contributed by atoms with Gasteiger partial charge < -0.3 is 9.16 Å². The normalized spacial score (nSPS) is 12.5. The largest absolute Gasteiger partial charge is 0.492 e. The molecule has 0 N–H and O–H groups in total. The van der Waals surface area contributed by atoms with E-state index in [0.29, 0.717) is 6.61 Å². The van der Waals surface area contributed by atoms with Crippen LogP contribution in [0, 0.1) is 0 Å². The van der Waals surface area contributed by atoms with Gasteiger partial charge in [0.1, 0.15) is 10.4 Å². The van der Waals surface area contributed by atoms with Crippen molar-refractivity contribution in [3.8, 4) is 5.75 Å². The summed E-state index contributed by atoms with van der Waals surface area (Å²) < 4.78 is 12.5. The number of rotatable bonds is 6. The van der Waals surface area contributed by atoms with Crippen LogP contribution in [0.3, 0.4) is 0 Å². The van der Waals surface area contributed by atoms with E-state index in [-0.39, 0.29) is 5.04 Å². The maximum atomic E-state index is 6.09. The standard InChI is InChI=1S/C14H24BrNO2Si/c1-14(2,3)19(4,5)18-10-6-9-17-12-7-8-13(15)16-11-12/h7-8,11H,6,9-10H2,1-5H3. The number of pyridine rings is 1. The summed E-state index contributed by atoms with van der Waals surface area (Å²) in [7, 11) is -1.62. The molecule has 0 aliphatic heterocycles. The second kappa shape index (κ2) is 6.86. The first-order valence-corrected chi connectivity index (χ1v) is 10.3. The topological polar surface area (TPSA) is 31.4 Å². The van der Waals surface area contributed by atoms with Crippen LogP contribution >= 0.6 is 15.9 Å². The molecule has 0 amide bonds. The van der Waals surface area contributed by atoms with Crippen LogP contribution < -0.4 is 4.74 Å². The van der Waals surface area contributed by atoms with Gasteiger partial charge in [0.2, 0.25) is 0 Å². The van der Waals surface area contributed by atoms with Crippen LogP contribution in [0.2, 0.25) is 18.1 Å². The molecule has 1 aromatic rings. The predicted octanol–water partition coefficient (Wildman–Crippen LogP) is 4.63. The molecule has 0 aliphatic carbocycles. The van der Waals surface area contributed by atoms with E-state index in [1.165, 1.54) is 0 Å². The third-order valence-corrected chi connectivity index (χ3v) is 8.53. The Bertz CT molecular complexity index is 387. The summed E-state index contributed by atoms with van der Waals surface area (Å²) >= 11 is 3.30. The van der Waals surface area contributed by atoms with E-state index in [4.69, 9.17) is 9.16 Å². The lowest BCUT2D eigenvalue weighted by atomic mass is 10.2. The van der Waals surface area contributed by atoms with Crippen LogP contribution in [0.5, 0.6) is 5.75 Å². The van der Waals surface area contributed by atoms with Gasteiger partial charge in [-0.15, -0.1) is 0 Å². The third-order valence-electron chi connectivity index (χ3n) is 3.53. The van der Waals surface area contributed by atoms with E-state index in [1.54, 1.807) is 6.20 Å². The second-order valence-corrected chi connectivity index (χ2v) is 11.7. The monoisotopic (exact) mass is 345 g/mol. The molecule has 3 nitrogen and oxygen atoms in total. The van der Waals surface area contributed by atoms with Crippen molar-refractivity contribution in [1.82, 2.24) is 4.98 Å². The van der Waals surface area contributed by atoms with Gasteiger partial charge in [0.25, 0.3) is 0 Å². The van der Waals surface area contributed by atoms with Crippen LogP contribution in [0.1, 0.15) is 27.2 Å². The number of aromatic nitrogens is 1. The van der Waals surface area contributed by atoms with E-state index < -0.39 is 8.32 Å². The number of halogens is 1. The molecule has 0 spiro atoms. The van der Waals surface area contributed by atoms with Crippen molar-refractivity contribution < 1.29 is 9.16 Å². The zero-order chi connectivity index (χ0) is 14.5. The smallest absolute Gasteiger partial charge is 0.191 e. The van der Waals surface area contributed by atoms with Crippen molar-refractivity contribution >= 4 is 24.2 Å².